The van der Waals surface area contributed by atoms with Gasteiger partial charge in [0.05, 0.1) is 10.9 Å². The average molecular weight is 314 g/mol. The smallest absolute Gasteiger partial charge is 0.343 e. The third-order valence-corrected chi connectivity index (χ3v) is 3.79. The number of carbonyl (C=O) groups excluding carboxylic acids is 1. The molecule has 0 aliphatic carbocycles. The van der Waals surface area contributed by atoms with Gasteiger partial charge in [0, 0.05) is 5.56 Å². The first-order valence-corrected chi connectivity index (χ1v) is 7.66. The van der Waals surface area contributed by atoms with Gasteiger partial charge in [0.25, 0.3) is 0 Å². The van der Waals surface area contributed by atoms with Crippen molar-refractivity contribution in [1.29, 1.82) is 0 Å². The highest BCUT2D eigenvalue weighted by Crippen LogP contribution is 2.33. The van der Waals surface area contributed by atoms with Crippen molar-refractivity contribution in [3.8, 4) is 17.1 Å². The third-order valence-electron chi connectivity index (χ3n) is 3.79. The lowest BCUT2D eigenvalue weighted by molar-refractivity contribution is 0.0737. The van der Waals surface area contributed by atoms with E-state index < -0.39 is 0 Å². The standard InChI is InChI=1S/C21H14O3/c22-21(16-10-5-2-6-11-16)24-19-13-7-12-18-17(19)14-20(23-18)15-8-3-1-4-9-15/h1-14H. The number of carbonyl (C=O) groups is 1. The molecule has 0 saturated heterocycles. The van der Waals surface area contributed by atoms with Gasteiger partial charge in [0.2, 0.25) is 0 Å². The molecule has 3 heteroatoms. The fourth-order valence-corrected chi connectivity index (χ4v) is 2.60. The summed E-state index contributed by atoms with van der Waals surface area (Å²) in [6.07, 6.45) is 0. The summed E-state index contributed by atoms with van der Waals surface area (Å²) in [5, 5.41) is 0.778. The Kier molecular flexibility index (Phi) is 3.60. The van der Waals surface area contributed by atoms with Crippen molar-refractivity contribution in [2.75, 3.05) is 0 Å². The second-order valence-corrected chi connectivity index (χ2v) is 5.40. The zero-order valence-corrected chi connectivity index (χ0v) is 12.8. The van der Waals surface area contributed by atoms with Crippen LogP contribution in [0.2, 0.25) is 0 Å². The number of hydrogen-bond acceptors (Lipinski definition) is 3. The van der Waals surface area contributed by atoms with E-state index in [0.29, 0.717) is 16.9 Å². The quantitative estimate of drug-likeness (QED) is 0.379. The van der Waals surface area contributed by atoms with Crippen molar-refractivity contribution in [2.24, 2.45) is 0 Å². The normalized spacial score (nSPS) is 10.7. The van der Waals surface area contributed by atoms with Gasteiger partial charge >= 0.3 is 5.97 Å². The van der Waals surface area contributed by atoms with E-state index in [9.17, 15) is 4.79 Å². The van der Waals surface area contributed by atoms with Gasteiger partial charge in [-0.05, 0) is 30.3 Å². The van der Waals surface area contributed by atoms with Gasteiger partial charge in [-0.25, -0.2) is 4.79 Å². The lowest BCUT2D eigenvalue weighted by Crippen LogP contribution is -2.08. The molecule has 0 N–H and O–H groups in total. The van der Waals surface area contributed by atoms with E-state index in [1.54, 1.807) is 18.2 Å². The summed E-state index contributed by atoms with van der Waals surface area (Å²) in [4.78, 5) is 12.3. The van der Waals surface area contributed by atoms with Crippen molar-refractivity contribution in [3.63, 3.8) is 0 Å². The van der Waals surface area contributed by atoms with Gasteiger partial charge in [-0.3, -0.25) is 0 Å². The summed E-state index contributed by atoms with van der Waals surface area (Å²) < 4.78 is 11.5. The molecule has 4 rings (SSSR count). The van der Waals surface area contributed by atoms with E-state index >= 15 is 0 Å². The van der Waals surface area contributed by atoms with Crippen molar-refractivity contribution in [3.05, 3.63) is 90.5 Å². The highest BCUT2D eigenvalue weighted by molar-refractivity contribution is 5.95. The number of furan rings is 1. The molecular formula is C21H14O3. The first-order chi connectivity index (χ1) is 11.8. The molecule has 0 aliphatic rings. The van der Waals surface area contributed by atoms with Crippen LogP contribution in [0.15, 0.2) is 89.3 Å². The molecule has 4 aromatic rings. The molecule has 1 heterocycles. The summed E-state index contributed by atoms with van der Waals surface area (Å²) in [6.45, 7) is 0. The van der Waals surface area contributed by atoms with E-state index in [4.69, 9.17) is 9.15 Å². The maximum atomic E-state index is 12.3. The molecule has 0 spiro atoms. The molecule has 0 unspecified atom stereocenters. The highest BCUT2D eigenvalue weighted by atomic mass is 16.5. The Morgan fingerprint density at radius 1 is 0.792 bits per heavy atom. The van der Waals surface area contributed by atoms with Crippen molar-refractivity contribution in [1.82, 2.24) is 0 Å². The maximum Gasteiger partial charge on any atom is 0.343 e. The van der Waals surface area contributed by atoms with Crippen LogP contribution >= 0.6 is 0 Å². The fraction of sp³-hybridized carbons (Fsp3) is 0. The summed E-state index contributed by atoms with van der Waals surface area (Å²) in [7, 11) is 0. The SMILES string of the molecule is O=C(Oc1cccc2oc(-c3ccccc3)cc12)c1ccccc1. The molecule has 1 aromatic heterocycles. The average Bonchev–Trinajstić information content (AvgIpc) is 3.08. The number of fused-ring (bicyclic) bond motifs is 1. The van der Waals surface area contributed by atoms with Crippen molar-refractivity contribution < 1.29 is 13.9 Å². The molecule has 0 radical (unpaired) electrons. The van der Waals surface area contributed by atoms with Crippen LogP contribution in [0.4, 0.5) is 0 Å². The first kappa shape index (κ1) is 14.3. The number of hydrogen-bond donors (Lipinski definition) is 0. The summed E-state index contributed by atoms with van der Waals surface area (Å²) in [5.74, 6) is 0.853. The number of rotatable bonds is 3. The van der Waals surface area contributed by atoms with E-state index in [1.807, 2.05) is 66.7 Å². The van der Waals surface area contributed by atoms with Gasteiger partial charge in [-0.15, -0.1) is 0 Å². The number of ether oxygens (including phenoxy) is 1. The summed E-state index contributed by atoms with van der Waals surface area (Å²) >= 11 is 0. The molecule has 0 amide bonds. The predicted octanol–water partition coefficient (Wildman–Crippen LogP) is 5.32. The van der Waals surface area contributed by atoms with Crippen LogP contribution in [-0.4, -0.2) is 5.97 Å². The van der Waals surface area contributed by atoms with E-state index in [2.05, 4.69) is 0 Å². The molecular weight excluding hydrogens is 300 g/mol. The van der Waals surface area contributed by atoms with Crippen LogP contribution in [0.3, 0.4) is 0 Å². The van der Waals surface area contributed by atoms with Crippen LogP contribution in [0.5, 0.6) is 5.75 Å². The Labute approximate surface area is 139 Å². The fourth-order valence-electron chi connectivity index (χ4n) is 2.60. The lowest BCUT2D eigenvalue weighted by atomic mass is 10.1. The van der Waals surface area contributed by atoms with Gasteiger partial charge in [0.15, 0.2) is 0 Å². The Morgan fingerprint density at radius 3 is 2.25 bits per heavy atom. The summed E-state index contributed by atoms with van der Waals surface area (Å²) in [6, 6.07) is 26.1. The van der Waals surface area contributed by atoms with E-state index in [-0.39, 0.29) is 5.97 Å². The monoisotopic (exact) mass is 314 g/mol. The van der Waals surface area contributed by atoms with Crippen LogP contribution in [0.1, 0.15) is 10.4 Å². The molecule has 24 heavy (non-hydrogen) atoms. The van der Waals surface area contributed by atoms with Crippen LogP contribution in [0.25, 0.3) is 22.3 Å². The van der Waals surface area contributed by atoms with E-state index in [0.717, 1.165) is 16.7 Å². The Balaban J connectivity index is 1.71. The number of benzene rings is 3. The van der Waals surface area contributed by atoms with Gasteiger partial charge in [-0.2, -0.15) is 0 Å². The Bertz CT molecular complexity index is 985. The van der Waals surface area contributed by atoms with Gasteiger partial charge in [-0.1, -0.05) is 54.6 Å². The van der Waals surface area contributed by atoms with Gasteiger partial charge < -0.3 is 9.15 Å². The Hall–Kier alpha value is -3.33. The molecule has 0 saturated carbocycles. The lowest BCUT2D eigenvalue weighted by Gasteiger charge is -2.04. The largest absolute Gasteiger partial charge is 0.456 e. The maximum absolute atomic E-state index is 12.3. The number of esters is 1. The van der Waals surface area contributed by atoms with Crippen molar-refractivity contribution in [2.45, 2.75) is 0 Å². The third kappa shape index (κ3) is 2.68. The molecule has 0 aliphatic heterocycles. The highest BCUT2D eigenvalue weighted by Gasteiger charge is 2.14. The van der Waals surface area contributed by atoms with Crippen molar-refractivity contribution >= 4 is 16.9 Å². The summed E-state index contributed by atoms with van der Waals surface area (Å²) in [5.41, 5.74) is 2.18. The first-order valence-electron chi connectivity index (χ1n) is 7.66. The molecule has 0 atom stereocenters. The topological polar surface area (TPSA) is 39.4 Å². The zero-order chi connectivity index (χ0) is 16.4. The molecule has 0 fully saturated rings. The minimum Gasteiger partial charge on any atom is -0.456 e. The van der Waals surface area contributed by atoms with E-state index in [1.165, 1.54) is 0 Å². The minimum absolute atomic E-state index is 0.384. The molecule has 0 bridgehead atoms. The molecule has 116 valence electrons. The van der Waals surface area contributed by atoms with Crippen LogP contribution in [0, 0.1) is 0 Å². The predicted molar refractivity (Wildman–Crippen MR) is 93.1 cm³/mol. The van der Waals surface area contributed by atoms with Gasteiger partial charge in [0.1, 0.15) is 17.1 Å². The minimum atomic E-state index is -0.384. The molecule has 3 nitrogen and oxygen atoms in total. The second kappa shape index (κ2) is 6.05. The second-order valence-electron chi connectivity index (χ2n) is 5.40. The van der Waals surface area contributed by atoms with Crippen LogP contribution < -0.4 is 4.74 Å². The zero-order valence-electron chi connectivity index (χ0n) is 12.8. The molecule has 3 aromatic carbocycles. The van der Waals surface area contributed by atoms with Crippen LogP contribution in [-0.2, 0) is 0 Å². The Morgan fingerprint density at radius 2 is 1.50 bits per heavy atom.